The number of nitrogens with zero attached hydrogens (tertiary/aromatic N) is 2. The Morgan fingerprint density at radius 2 is 1.95 bits per heavy atom. The number of carbonyl (C=O) groups excluding carboxylic acids is 1. The summed E-state index contributed by atoms with van der Waals surface area (Å²) in [7, 11) is 3.77. The van der Waals surface area contributed by atoms with Gasteiger partial charge < -0.3 is 19.9 Å². The summed E-state index contributed by atoms with van der Waals surface area (Å²) in [5.74, 6) is -1.28. The molecule has 2 rings (SSSR count). The molecule has 0 aliphatic carbocycles. The summed E-state index contributed by atoms with van der Waals surface area (Å²) in [5.41, 5.74) is 1.36. The second kappa shape index (κ2) is 6.41. The molecule has 21 heavy (non-hydrogen) atoms. The molecule has 1 aromatic heterocycles. The van der Waals surface area contributed by atoms with Gasteiger partial charge in [-0.15, -0.1) is 0 Å². The number of carboxylic acids is 1. The second-order valence-electron chi connectivity index (χ2n) is 5.20. The molecule has 6 heteroatoms. The van der Waals surface area contributed by atoms with Crippen molar-refractivity contribution in [1.82, 2.24) is 14.8 Å². The number of carbonyl (C=O) groups is 2. The van der Waals surface area contributed by atoms with Crippen molar-refractivity contribution in [1.29, 1.82) is 0 Å². The van der Waals surface area contributed by atoms with Crippen LogP contribution in [-0.2, 0) is 4.79 Å². The van der Waals surface area contributed by atoms with Gasteiger partial charge in [0.1, 0.15) is 6.54 Å². The number of aromatic nitrogens is 1. The first-order chi connectivity index (χ1) is 9.97. The van der Waals surface area contributed by atoms with Crippen LogP contribution in [0.3, 0.4) is 0 Å². The van der Waals surface area contributed by atoms with Gasteiger partial charge in [0.25, 0.3) is 5.91 Å². The maximum absolute atomic E-state index is 12.5. The number of benzene rings is 1. The Morgan fingerprint density at radius 1 is 1.19 bits per heavy atom. The normalized spacial score (nSPS) is 11.0. The third-order valence-corrected chi connectivity index (χ3v) is 3.23. The van der Waals surface area contributed by atoms with Crippen LogP contribution in [0, 0.1) is 0 Å². The van der Waals surface area contributed by atoms with Gasteiger partial charge in [0, 0.05) is 30.4 Å². The van der Waals surface area contributed by atoms with Crippen molar-refractivity contribution in [2.75, 3.05) is 33.7 Å². The van der Waals surface area contributed by atoms with Crippen LogP contribution in [-0.4, -0.2) is 65.5 Å². The van der Waals surface area contributed by atoms with E-state index in [4.69, 9.17) is 5.11 Å². The molecule has 0 aliphatic heterocycles. The molecule has 2 N–H and O–H groups in total. The predicted molar refractivity (Wildman–Crippen MR) is 80.4 cm³/mol. The molecule has 2 aromatic rings. The summed E-state index contributed by atoms with van der Waals surface area (Å²) in [4.78, 5) is 29.8. The van der Waals surface area contributed by atoms with Gasteiger partial charge in [-0.3, -0.25) is 9.59 Å². The molecule has 0 fully saturated rings. The van der Waals surface area contributed by atoms with Crippen molar-refractivity contribution >= 4 is 22.8 Å². The predicted octanol–water partition coefficient (Wildman–Crippen LogP) is 1.26. The molecule has 1 amide bonds. The van der Waals surface area contributed by atoms with Crippen molar-refractivity contribution < 1.29 is 14.7 Å². The zero-order valence-electron chi connectivity index (χ0n) is 12.2. The Labute approximate surface area is 123 Å². The first-order valence-electron chi connectivity index (χ1n) is 6.70. The number of hydrogen-bond donors (Lipinski definition) is 2. The molecule has 6 nitrogen and oxygen atoms in total. The lowest BCUT2D eigenvalue weighted by atomic mass is 10.1. The highest BCUT2D eigenvalue weighted by molar-refractivity contribution is 5.99. The fourth-order valence-corrected chi connectivity index (χ4v) is 2.10. The van der Waals surface area contributed by atoms with E-state index in [1.54, 1.807) is 18.3 Å². The molecule has 0 bridgehead atoms. The van der Waals surface area contributed by atoms with Crippen LogP contribution in [0.4, 0.5) is 0 Å². The third kappa shape index (κ3) is 3.82. The first kappa shape index (κ1) is 15.1. The largest absolute Gasteiger partial charge is 0.480 e. The Bertz CT molecular complexity index is 648. The lowest BCUT2D eigenvalue weighted by molar-refractivity contribution is -0.137. The van der Waals surface area contributed by atoms with Gasteiger partial charge >= 0.3 is 5.97 Å². The molecule has 0 unspecified atom stereocenters. The van der Waals surface area contributed by atoms with Crippen LogP contribution >= 0.6 is 0 Å². The summed E-state index contributed by atoms with van der Waals surface area (Å²) in [6, 6.07) is 7.25. The van der Waals surface area contributed by atoms with Crippen molar-refractivity contribution in [2.45, 2.75) is 0 Å². The Morgan fingerprint density at radius 3 is 2.62 bits per heavy atom. The minimum Gasteiger partial charge on any atom is -0.480 e. The lowest BCUT2D eigenvalue weighted by Gasteiger charge is -2.22. The third-order valence-electron chi connectivity index (χ3n) is 3.23. The van der Waals surface area contributed by atoms with Gasteiger partial charge in [0.15, 0.2) is 0 Å². The Balaban J connectivity index is 2.20. The highest BCUT2D eigenvalue weighted by Crippen LogP contribution is 2.15. The van der Waals surface area contributed by atoms with Crippen molar-refractivity contribution in [3.8, 4) is 0 Å². The van der Waals surface area contributed by atoms with Gasteiger partial charge in [0.05, 0.1) is 0 Å². The number of fused-ring (bicyclic) bond motifs is 1. The fraction of sp³-hybridized carbons (Fsp3) is 0.333. The Hall–Kier alpha value is -2.34. The smallest absolute Gasteiger partial charge is 0.323 e. The molecule has 1 heterocycles. The van der Waals surface area contributed by atoms with Crippen LogP contribution in [0.15, 0.2) is 30.5 Å². The number of H-pyrrole nitrogens is 1. The van der Waals surface area contributed by atoms with Crippen LogP contribution < -0.4 is 0 Å². The summed E-state index contributed by atoms with van der Waals surface area (Å²) >= 11 is 0. The van der Waals surface area contributed by atoms with E-state index < -0.39 is 5.97 Å². The van der Waals surface area contributed by atoms with Crippen LogP contribution in [0.2, 0.25) is 0 Å². The average Bonchev–Trinajstić information content (AvgIpc) is 2.89. The van der Waals surface area contributed by atoms with Gasteiger partial charge in [-0.1, -0.05) is 6.07 Å². The van der Waals surface area contributed by atoms with Crippen molar-refractivity contribution in [3.05, 3.63) is 36.0 Å². The molecule has 0 saturated carbocycles. The van der Waals surface area contributed by atoms with Crippen molar-refractivity contribution in [2.24, 2.45) is 0 Å². The van der Waals surface area contributed by atoms with Gasteiger partial charge in [-0.2, -0.15) is 0 Å². The fourth-order valence-electron chi connectivity index (χ4n) is 2.10. The van der Waals surface area contributed by atoms with E-state index in [2.05, 4.69) is 4.98 Å². The number of likely N-dealkylation sites (N-methyl/N-ethyl adjacent to an activating group) is 1. The van der Waals surface area contributed by atoms with E-state index >= 15 is 0 Å². The van der Waals surface area contributed by atoms with Gasteiger partial charge in [0.2, 0.25) is 0 Å². The number of aromatic amines is 1. The minimum atomic E-state index is -1.01. The number of rotatable bonds is 6. The topological polar surface area (TPSA) is 76.6 Å². The summed E-state index contributed by atoms with van der Waals surface area (Å²) in [5, 5.41) is 9.99. The van der Waals surface area contributed by atoms with E-state index in [1.807, 2.05) is 31.1 Å². The molecule has 1 aromatic carbocycles. The van der Waals surface area contributed by atoms with Crippen molar-refractivity contribution in [3.63, 3.8) is 0 Å². The summed E-state index contributed by atoms with van der Waals surface area (Å²) in [6.45, 7) is 0.695. The van der Waals surface area contributed by atoms with E-state index in [0.29, 0.717) is 18.7 Å². The molecule has 0 radical (unpaired) electrons. The summed E-state index contributed by atoms with van der Waals surface area (Å²) < 4.78 is 0. The molecule has 0 atom stereocenters. The first-order valence-corrected chi connectivity index (χ1v) is 6.70. The molecule has 0 saturated heterocycles. The lowest BCUT2D eigenvalue weighted by Crippen LogP contribution is -2.40. The number of amides is 1. The summed E-state index contributed by atoms with van der Waals surface area (Å²) in [6.07, 6.45) is 1.81. The maximum atomic E-state index is 12.5. The maximum Gasteiger partial charge on any atom is 0.323 e. The molecule has 112 valence electrons. The second-order valence-corrected chi connectivity index (χ2v) is 5.20. The van der Waals surface area contributed by atoms with Crippen LogP contribution in [0.5, 0.6) is 0 Å². The highest BCUT2D eigenvalue weighted by atomic mass is 16.4. The Kier molecular flexibility index (Phi) is 4.59. The standard InChI is InChI=1S/C15H19N3O3/c1-17(2)7-8-18(10-14(19)20)15(21)12-4-3-11-5-6-16-13(11)9-12/h3-6,9,16H,7-8,10H2,1-2H3,(H,19,20). The quantitative estimate of drug-likeness (QED) is 0.839. The SMILES string of the molecule is CN(C)CCN(CC(=O)O)C(=O)c1ccc2cc[nH]c2c1. The van der Waals surface area contributed by atoms with Gasteiger partial charge in [-0.25, -0.2) is 0 Å². The average molecular weight is 289 g/mol. The van der Waals surface area contributed by atoms with E-state index in [1.165, 1.54) is 4.90 Å². The zero-order chi connectivity index (χ0) is 15.4. The monoisotopic (exact) mass is 289 g/mol. The van der Waals surface area contributed by atoms with Crippen LogP contribution in [0.1, 0.15) is 10.4 Å². The van der Waals surface area contributed by atoms with Crippen LogP contribution in [0.25, 0.3) is 10.9 Å². The zero-order valence-corrected chi connectivity index (χ0v) is 12.2. The minimum absolute atomic E-state index is 0.268. The number of aliphatic carboxylic acids is 1. The van der Waals surface area contributed by atoms with E-state index in [9.17, 15) is 9.59 Å². The molecule has 0 aliphatic rings. The molecule has 0 spiro atoms. The van der Waals surface area contributed by atoms with E-state index in [0.717, 1.165) is 10.9 Å². The number of hydrogen-bond acceptors (Lipinski definition) is 3. The molecular formula is C15H19N3O3. The number of carboxylic acid groups (broad SMARTS) is 1. The van der Waals surface area contributed by atoms with E-state index in [-0.39, 0.29) is 12.5 Å². The highest BCUT2D eigenvalue weighted by Gasteiger charge is 2.19. The number of nitrogens with one attached hydrogen (secondary N) is 1. The molecular weight excluding hydrogens is 270 g/mol. The van der Waals surface area contributed by atoms with Gasteiger partial charge in [-0.05, 0) is 37.7 Å².